The summed E-state index contributed by atoms with van der Waals surface area (Å²) >= 11 is 0. The van der Waals surface area contributed by atoms with Gasteiger partial charge in [-0.05, 0) is 49.9 Å². The second kappa shape index (κ2) is 10.1. The Kier molecular flexibility index (Phi) is 7.25. The number of carboxylic acids is 1. The van der Waals surface area contributed by atoms with E-state index in [1.807, 2.05) is 48.5 Å². The quantitative estimate of drug-likeness (QED) is 0.725. The molecule has 6 nitrogen and oxygen atoms in total. The summed E-state index contributed by atoms with van der Waals surface area (Å²) in [4.78, 5) is 25.5. The standard InChI is InChI=1S/C23H28N2O4/c1-25-14-12-19(13-15-25)29-23(28)24-21-16-17(6-5-9-22(26)27)10-11-20(21)18-7-3-2-4-8-18/h2-4,7-8,10-11,16,19H,5-6,9,12-15H2,1H3,(H,24,28)(H,26,27). The van der Waals surface area contributed by atoms with E-state index in [9.17, 15) is 9.59 Å². The van der Waals surface area contributed by atoms with Crippen LogP contribution in [0, 0.1) is 0 Å². The molecule has 0 radical (unpaired) electrons. The van der Waals surface area contributed by atoms with Crippen molar-refractivity contribution in [1.82, 2.24) is 4.90 Å². The van der Waals surface area contributed by atoms with Crippen LogP contribution >= 0.6 is 0 Å². The number of hydrogen-bond donors (Lipinski definition) is 2. The number of hydrogen-bond acceptors (Lipinski definition) is 4. The largest absolute Gasteiger partial charge is 0.481 e. The van der Waals surface area contributed by atoms with Crippen LogP contribution in [0.25, 0.3) is 11.1 Å². The smallest absolute Gasteiger partial charge is 0.411 e. The number of piperidine rings is 1. The van der Waals surface area contributed by atoms with Crippen molar-refractivity contribution >= 4 is 17.7 Å². The predicted octanol–water partition coefficient (Wildman–Crippen LogP) is 4.40. The van der Waals surface area contributed by atoms with E-state index in [-0.39, 0.29) is 12.5 Å². The molecule has 2 N–H and O–H groups in total. The number of ether oxygens (including phenoxy) is 1. The van der Waals surface area contributed by atoms with Gasteiger partial charge in [0.2, 0.25) is 0 Å². The fraction of sp³-hybridized carbons (Fsp3) is 0.391. The lowest BCUT2D eigenvalue weighted by atomic mass is 9.99. The summed E-state index contributed by atoms with van der Waals surface area (Å²) in [7, 11) is 2.07. The van der Waals surface area contributed by atoms with Crippen molar-refractivity contribution in [2.45, 2.75) is 38.2 Å². The van der Waals surface area contributed by atoms with Gasteiger partial charge in [-0.15, -0.1) is 0 Å². The van der Waals surface area contributed by atoms with E-state index in [0.717, 1.165) is 42.6 Å². The molecule has 1 heterocycles. The molecule has 0 spiro atoms. The lowest BCUT2D eigenvalue weighted by Gasteiger charge is -2.28. The Morgan fingerprint density at radius 1 is 1.14 bits per heavy atom. The van der Waals surface area contributed by atoms with Gasteiger partial charge in [-0.2, -0.15) is 0 Å². The monoisotopic (exact) mass is 396 g/mol. The summed E-state index contributed by atoms with van der Waals surface area (Å²) in [6.07, 6.45) is 2.49. The van der Waals surface area contributed by atoms with Crippen molar-refractivity contribution in [3.63, 3.8) is 0 Å². The van der Waals surface area contributed by atoms with Crippen LogP contribution < -0.4 is 5.32 Å². The number of benzene rings is 2. The lowest BCUT2D eigenvalue weighted by Crippen LogP contribution is -2.36. The molecule has 2 aromatic carbocycles. The van der Waals surface area contributed by atoms with Crippen LogP contribution in [-0.2, 0) is 16.0 Å². The van der Waals surface area contributed by atoms with Gasteiger partial charge in [-0.25, -0.2) is 4.79 Å². The molecule has 29 heavy (non-hydrogen) atoms. The molecule has 0 bridgehead atoms. The van der Waals surface area contributed by atoms with Gasteiger partial charge in [0, 0.05) is 25.1 Å². The molecule has 6 heteroatoms. The van der Waals surface area contributed by atoms with E-state index in [0.29, 0.717) is 18.5 Å². The third kappa shape index (κ3) is 6.32. The fourth-order valence-corrected chi connectivity index (χ4v) is 3.56. The highest BCUT2D eigenvalue weighted by atomic mass is 16.6. The number of rotatable bonds is 7. The van der Waals surface area contributed by atoms with Gasteiger partial charge in [0.15, 0.2) is 0 Å². The zero-order valence-corrected chi connectivity index (χ0v) is 16.8. The lowest BCUT2D eigenvalue weighted by molar-refractivity contribution is -0.137. The Hall–Kier alpha value is -2.86. The number of nitrogens with one attached hydrogen (secondary N) is 1. The Balaban J connectivity index is 1.73. The van der Waals surface area contributed by atoms with Crippen LogP contribution in [0.3, 0.4) is 0 Å². The van der Waals surface area contributed by atoms with Gasteiger partial charge in [-0.3, -0.25) is 10.1 Å². The molecule has 0 atom stereocenters. The van der Waals surface area contributed by atoms with Crippen molar-refractivity contribution in [2.24, 2.45) is 0 Å². The van der Waals surface area contributed by atoms with Gasteiger partial charge >= 0.3 is 12.1 Å². The Morgan fingerprint density at radius 2 is 1.86 bits per heavy atom. The summed E-state index contributed by atoms with van der Waals surface area (Å²) in [5.74, 6) is -0.800. The highest BCUT2D eigenvalue weighted by molar-refractivity contribution is 5.91. The van der Waals surface area contributed by atoms with E-state index in [1.165, 1.54) is 0 Å². The highest BCUT2D eigenvalue weighted by Crippen LogP contribution is 2.30. The third-order valence-electron chi connectivity index (χ3n) is 5.20. The summed E-state index contributed by atoms with van der Waals surface area (Å²) in [6.45, 7) is 1.85. The molecule has 0 unspecified atom stereocenters. The maximum absolute atomic E-state index is 12.5. The summed E-state index contributed by atoms with van der Waals surface area (Å²) in [6, 6.07) is 15.7. The van der Waals surface area contributed by atoms with E-state index in [2.05, 4.69) is 17.3 Å². The van der Waals surface area contributed by atoms with E-state index in [1.54, 1.807) is 0 Å². The molecule has 2 aromatic rings. The molecule has 1 amide bonds. The number of nitrogens with zero attached hydrogens (tertiary/aromatic N) is 1. The molecule has 1 aliphatic rings. The predicted molar refractivity (Wildman–Crippen MR) is 113 cm³/mol. The maximum atomic E-state index is 12.5. The Morgan fingerprint density at radius 3 is 2.55 bits per heavy atom. The van der Waals surface area contributed by atoms with Crippen molar-refractivity contribution in [2.75, 3.05) is 25.5 Å². The average Bonchev–Trinajstić information content (AvgIpc) is 2.70. The second-order valence-corrected chi connectivity index (χ2v) is 7.53. The number of carbonyl (C=O) groups is 2. The normalized spacial score (nSPS) is 15.1. The van der Waals surface area contributed by atoms with Gasteiger partial charge < -0.3 is 14.7 Å². The maximum Gasteiger partial charge on any atom is 0.411 e. The van der Waals surface area contributed by atoms with Gasteiger partial charge in [0.05, 0.1) is 5.69 Å². The molecule has 0 aromatic heterocycles. The van der Waals surface area contributed by atoms with Gasteiger partial charge in [-0.1, -0.05) is 42.5 Å². The molecule has 0 saturated carbocycles. The SMILES string of the molecule is CN1CCC(OC(=O)Nc2cc(CCCC(=O)O)ccc2-c2ccccc2)CC1. The summed E-state index contributed by atoms with van der Waals surface area (Å²) in [5, 5.41) is 11.8. The van der Waals surface area contributed by atoms with E-state index >= 15 is 0 Å². The molecule has 1 saturated heterocycles. The third-order valence-corrected chi connectivity index (χ3v) is 5.20. The van der Waals surface area contributed by atoms with Crippen LogP contribution in [0.1, 0.15) is 31.2 Å². The number of aliphatic carboxylic acids is 1. The topological polar surface area (TPSA) is 78.9 Å². The van der Waals surface area contributed by atoms with Gasteiger partial charge in [0.1, 0.15) is 6.10 Å². The molecular formula is C23H28N2O4. The molecule has 0 aliphatic carbocycles. The van der Waals surface area contributed by atoms with Crippen LogP contribution in [-0.4, -0.2) is 48.3 Å². The minimum atomic E-state index is -0.800. The number of anilines is 1. The fourth-order valence-electron chi connectivity index (χ4n) is 3.56. The van der Waals surface area contributed by atoms with E-state index in [4.69, 9.17) is 9.84 Å². The second-order valence-electron chi connectivity index (χ2n) is 7.53. The number of likely N-dealkylation sites (tertiary alicyclic amines) is 1. The Labute approximate surface area is 171 Å². The zero-order valence-electron chi connectivity index (χ0n) is 16.8. The molecule has 3 rings (SSSR count). The first-order chi connectivity index (χ1) is 14.0. The minimum Gasteiger partial charge on any atom is -0.481 e. The molecular weight excluding hydrogens is 368 g/mol. The van der Waals surface area contributed by atoms with Crippen LogP contribution in [0.15, 0.2) is 48.5 Å². The van der Waals surface area contributed by atoms with Crippen molar-refractivity contribution < 1.29 is 19.4 Å². The van der Waals surface area contributed by atoms with Crippen molar-refractivity contribution in [3.8, 4) is 11.1 Å². The van der Waals surface area contributed by atoms with Crippen LogP contribution in [0.5, 0.6) is 0 Å². The number of carbonyl (C=O) groups excluding carboxylic acids is 1. The number of aryl methyl sites for hydroxylation is 1. The number of amides is 1. The van der Waals surface area contributed by atoms with Crippen molar-refractivity contribution in [3.05, 3.63) is 54.1 Å². The van der Waals surface area contributed by atoms with E-state index < -0.39 is 12.1 Å². The summed E-state index contributed by atoms with van der Waals surface area (Å²) < 4.78 is 5.63. The number of carboxylic acid groups (broad SMARTS) is 1. The van der Waals surface area contributed by atoms with Crippen molar-refractivity contribution in [1.29, 1.82) is 0 Å². The first-order valence-corrected chi connectivity index (χ1v) is 10.1. The first kappa shape index (κ1) is 20.9. The average molecular weight is 396 g/mol. The molecule has 154 valence electrons. The Bertz CT molecular complexity index is 830. The molecule has 1 fully saturated rings. The zero-order chi connectivity index (χ0) is 20.6. The minimum absolute atomic E-state index is 0.0647. The first-order valence-electron chi connectivity index (χ1n) is 10.1. The van der Waals surface area contributed by atoms with Gasteiger partial charge in [0.25, 0.3) is 0 Å². The van der Waals surface area contributed by atoms with Crippen LogP contribution in [0.2, 0.25) is 0 Å². The summed E-state index contributed by atoms with van der Waals surface area (Å²) in [5.41, 5.74) is 3.58. The van der Waals surface area contributed by atoms with Crippen LogP contribution in [0.4, 0.5) is 10.5 Å². The highest BCUT2D eigenvalue weighted by Gasteiger charge is 2.21. The molecule has 1 aliphatic heterocycles.